The van der Waals surface area contributed by atoms with Gasteiger partial charge in [-0.25, -0.2) is 0 Å². The lowest BCUT2D eigenvalue weighted by Gasteiger charge is -2.19. The Morgan fingerprint density at radius 2 is 1.05 bits per heavy atom. The Kier molecular flexibility index (Phi) is 3.82. The van der Waals surface area contributed by atoms with Crippen LogP contribution < -0.4 is 0 Å². The van der Waals surface area contributed by atoms with Crippen LogP contribution in [0.2, 0.25) is 10.0 Å². The highest BCUT2D eigenvalue weighted by Crippen LogP contribution is 2.44. The van der Waals surface area contributed by atoms with Crippen molar-refractivity contribution in [1.29, 1.82) is 0 Å². The van der Waals surface area contributed by atoms with Gasteiger partial charge < -0.3 is 0 Å². The molecule has 1 aliphatic carbocycles. The van der Waals surface area contributed by atoms with E-state index >= 15 is 0 Å². The average molecular weight is 305 g/mol. The van der Waals surface area contributed by atoms with Gasteiger partial charge in [0.25, 0.3) is 0 Å². The number of hydrogen-bond donors (Lipinski definition) is 0. The molecule has 2 atom stereocenters. The van der Waals surface area contributed by atoms with Crippen molar-refractivity contribution in [2.75, 3.05) is 0 Å². The van der Waals surface area contributed by atoms with E-state index in [0.717, 1.165) is 10.0 Å². The standard InChI is InChI=1S/C17H14Cl2O/c18-13-5-1-11(2-6-13)16-9-15(20)10-17(16)12-3-7-14(19)8-4-12/h1-8,16-17H,9-10H2. The molecule has 0 N–H and O–H groups in total. The van der Waals surface area contributed by atoms with Crippen LogP contribution in [0.5, 0.6) is 0 Å². The van der Waals surface area contributed by atoms with Crippen LogP contribution in [0.25, 0.3) is 0 Å². The first-order valence-electron chi connectivity index (χ1n) is 6.66. The fourth-order valence-corrected chi connectivity index (χ4v) is 3.23. The molecular formula is C17H14Cl2O. The van der Waals surface area contributed by atoms with Crippen molar-refractivity contribution in [1.82, 2.24) is 0 Å². The van der Waals surface area contributed by atoms with Crippen LogP contribution in [0, 0.1) is 0 Å². The van der Waals surface area contributed by atoms with Crippen molar-refractivity contribution in [3.63, 3.8) is 0 Å². The Bertz CT molecular complexity index is 561. The summed E-state index contributed by atoms with van der Waals surface area (Å²) >= 11 is 11.9. The summed E-state index contributed by atoms with van der Waals surface area (Å²) in [5, 5.41) is 1.45. The van der Waals surface area contributed by atoms with Gasteiger partial charge in [0.05, 0.1) is 0 Å². The zero-order chi connectivity index (χ0) is 14.1. The van der Waals surface area contributed by atoms with Crippen LogP contribution in [-0.4, -0.2) is 5.78 Å². The molecule has 3 rings (SSSR count). The van der Waals surface area contributed by atoms with Crippen molar-refractivity contribution in [2.24, 2.45) is 0 Å². The third-order valence-corrected chi connectivity index (χ3v) is 4.48. The highest BCUT2D eigenvalue weighted by molar-refractivity contribution is 6.30. The minimum atomic E-state index is 0.237. The fraction of sp³-hybridized carbons (Fsp3) is 0.235. The van der Waals surface area contributed by atoms with Crippen LogP contribution >= 0.6 is 23.2 Å². The number of carbonyl (C=O) groups is 1. The smallest absolute Gasteiger partial charge is 0.134 e. The number of halogens is 2. The van der Waals surface area contributed by atoms with E-state index < -0.39 is 0 Å². The first-order chi connectivity index (χ1) is 9.63. The molecule has 3 heteroatoms. The second-order valence-electron chi connectivity index (χ2n) is 5.26. The number of hydrogen-bond acceptors (Lipinski definition) is 1. The number of Topliss-reactive ketones (excluding diaryl/α,β-unsaturated/α-hetero) is 1. The molecule has 1 aliphatic rings. The van der Waals surface area contributed by atoms with E-state index in [1.807, 2.05) is 48.5 Å². The van der Waals surface area contributed by atoms with Crippen LogP contribution in [0.4, 0.5) is 0 Å². The molecule has 102 valence electrons. The van der Waals surface area contributed by atoms with E-state index in [1.54, 1.807) is 0 Å². The predicted molar refractivity (Wildman–Crippen MR) is 82.6 cm³/mol. The van der Waals surface area contributed by atoms with E-state index in [1.165, 1.54) is 11.1 Å². The molecular weight excluding hydrogens is 291 g/mol. The van der Waals surface area contributed by atoms with Gasteiger partial charge in [0, 0.05) is 22.9 Å². The summed E-state index contributed by atoms with van der Waals surface area (Å²) in [6.07, 6.45) is 1.21. The molecule has 1 fully saturated rings. The van der Waals surface area contributed by atoms with E-state index in [2.05, 4.69) is 0 Å². The summed E-state index contributed by atoms with van der Waals surface area (Å²) in [5.41, 5.74) is 2.36. The summed E-state index contributed by atoms with van der Waals surface area (Å²) in [7, 11) is 0. The van der Waals surface area contributed by atoms with Crippen LogP contribution in [0.3, 0.4) is 0 Å². The van der Waals surface area contributed by atoms with Crippen molar-refractivity contribution in [3.8, 4) is 0 Å². The number of ketones is 1. The Morgan fingerprint density at radius 1 is 0.700 bits per heavy atom. The summed E-state index contributed by atoms with van der Waals surface area (Å²) in [6, 6.07) is 15.6. The lowest BCUT2D eigenvalue weighted by molar-refractivity contribution is -0.117. The van der Waals surface area contributed by atoms with E-state index in [4.69, 9.17) is 23.2 Å². The molecule has 1 saturated carbocycles. The van der Waals surface area contributed by atoms with Crippen molar-refractivity contribution >= 4 is 29.0 Å². The summed E-state index contributed by atoms with van der Waals surface area (Å²) in [6.45, 7) is 0. The zero-order valence-electron chi connectivity index (χ0n) is 10.9. The fourth-order valence-electron chi connectivity index (χ4n) is 2.98. The van der Waals surface area contributed by atoms with Crippen molar-refractivity contribution in [2.45, 2.75) is 24.7 Å². The largest absolute Gasteiger partial charge is 0.300 e. The first kappa shape index (κ1) is 13.7. The molecule has 2 aromatic carbocycles. The normalized spacial score (nSPS) is 22.2. The highest BCUT2D eigenvalue weighted by Gasteiger charge is 2.34. The number of benzene rings is 2. The molecule has 0 aromatic heterocycles. The van der Waals surface area contributed by atoms with Gasteiger partial charge in [-0.3, -0.25) is 4.79 Å². The van der Waals surface area contributed by atoms with E-state index in [9.17, 15) is 4.79 Å². The molecule has 0 amide bonds. The molecule has 0 radical (unpaired) electrons. The second kappa shape index (κ2) is 5.59. The monoisotopic (exact) mass is 304 g/mol. The maximum atomic E-state index is 11.9. The third kappa shape index (κ3) is 2.74. The van der Waals surface area contributed by atoms with Gasteiger partial charge in [-0.05, 0) is 47.2 Å². The molecule has 0 aliphatic heterocycles. The van der Waals surface area contributed by atoms with Gasteiger partial charge in [-0.15, -0.1) is 0 Å². The first-order valence-corrected chi connectivity index (χ1v) is 7.42. The van der Waals surface area contributed by atoms with Crippen molar-refractivity contribution < 1.29 is 4.79 Å². The molecule has 0 spiro atoms. The lowest BCUT2D eigenvalue weighted by atomic mass is 9.84. The van der Waals surface area contributed by atoms with Gasteiger partial charge in [-0.2, -0.15) is 0 Å². The summed E-state index contributed by atoms with van der Waals surface area (Å²) in [5.74, 6) is 0.798. The summed E-state index contributed by atoms with van der Waals surface area (Å²) in [4.78, 5) is 11.9. The Hall–Kier alpha value is -1.31. The highest BCUT2D eigenvalue weighted by atomic mass is 35.5. The summed E-state index contributed by atoms with van der Waals surface area (Å²) < 4.78 is 0. The molecule has 20 heavy (non-hydrogen) atoms. The predicted octanol–water partition coefficient (Wildman–Crippen LogP) is 5.22. The van der Waals surface area contributed by atoms with Gasteiger partial charge in [-0.1, -0.05) is 47.5 Å². The SMILES string of the molecule is O=C1CC(c2ccc(Cl)cc2)C(c2ccc(Cl)cc2)C1. The number of carbonyl (C=O) groups excluding carboxylic acids is 1. The zero-order valence-corrected chi connectivity index (χ0v) is 12.4. The van der Waals surface area contributed by atoms with Crippen molar-refractivity contribution in [3.05, 3.63) is 69.7 Å². The molecule has 0 heterocycles. The topological polar surface area (TPSA) is 17.1 Å². The van der Waals surface area contributed by atoms with Crippen LogP contribution in [-0.2, 0) is 4.79 Å². The Morgan fingerprint density at radius 3 is 1.40 bits per heavy atom. The lowest BCUT2D eigenvalue weighted by Crippen LogP contribution is -2.04. The van der Waals surface area contributed by atoms with Gasteiger partial charge in [0.1, 0.15) is 5.78 Å². The van der Waals surface area contributed by atoms with E-state index in [0.29, 0.717) is 18.6 Å². The average Bonchev–Trinajstić information content (AvgIpc) is 2.82. The third-order valence-electron chi connectivity index (χ3n) is 3.98. The minimum Gasteiger partial charge on any atom is -0.300 e. The molecule has 2 aromatic rings. The van der Waals surface area contributed by atoms with E-state index in [-0.39, 0.29) is 11.8 Å². The molecule has 0 saturated heterocycles. The second-order valence-corrected chi connectivity index (χ2v) is 6.14. The molecule has 1 nitrogen and oxygen atoms in total. The van der Waals surface area contributed by atoms with Gasteiger partial charge in [0.15, 0.2) is 0 Å². The van der Waals surface area contributed by atoms with Crippen LogP contribution in [0.15, 0.2) is 48.5 Å². The molecule has 0 bridgehead atoms. The minimum absolute atomic E-state index is 0.237. The maximum Gasteiger partial charge on any atom is 0.134 e. The molecule has 2 unspecified atom stereocenters. The maximum absolute atomic E-state index is 11.9. The Labute approximate surface area is 128 Å². The van der Waals surface area contributed by atoms with Gasteiger partial charge in [0.2, 0.25) is 0 Å². The quantitative estimate of drug-likeness (QED) is 0.743. The van der Waals surface area contributed by atoms with Gasteiger partial charge >= 0.3 is 0 Å². The van der Waals surface area contributed by atoms with Crippen LogP contribution in [0.1, 0.15) is 35.8 Å². The number of rotatable bonds is 2. The Balaban J connectivity index is 1.94.